The van der Waals surface area contributed by atoms with E-state index in [4.69, 9.17) is 4.52 Å². The Labute approximate surface area is 112 Å². The van der Waals surface area contributed by atoms with Crippen LogP contribution in [0.2, 0.25) is 0 Å². The Balaban J connectivity index is 1.84. The lowest BCUT2D eigenvalue weighted by Crippen LogP contribution is -2.44. The van der Waals surface area contributed by atoms with Crippen molar-refractivity contribution in [2.45, 2.75) is 13.0 Å². The molecule has 1 fully saturated rings. The predicted molar refractivity (Wildman–Crippen MR) is 72.7 cm³/mol. The minimum atomic E-state index is 0.191. The van der Waals surface area contributed by atoms with E-state index in [9.17, 15) is 0 Å². The number of nitrogens with one attached hydrogen (secondary N) is 1. The molecular formula is C14H18N4O. The molecule has 0 aliphatic carbocycles. The van der Waals surface area contributed by atoms with Gasteiger partial charge in [0.15, 0.2) is 5.82 Å². The molecule has 0 saturated carbocycles. The number of rotatable bonds is 2. The van der Waals surface area contributed by atoms with Crippen LogP contribution >= 0.6 is 0 Å². The topological polar surface area (TPSA) is 54.2 Å². The van der Waals surface area contributed by atoms with Gasteiger partial charge in [-0.2, -0.15) is 4.98 Å². The van der Waals surface area contributed by atoms with Crippen molar-refractivity contribution in [3.63, 3.8) is 0 Å². The van der Waals surface area contributed by atoms with Crippen LogP contribution in [-0.2, 0) is 0 Å². The number of aromatic nitrogens is 2. The monoisotopic (exact) mass is 258 g/mol. The summed E-state index contributed by atoms with van der Waals surface area (Å²) in [5, 5.41) is 7.48. The highest BCUT2D eigenvalue weighted by molar-refractivity contribution is 5.53. The van der Waals surface area contributed by atoms with Crippen LogP contribution in [0, 0.1) is 6.92 Å². The number of likely N-dealkylation sites (N-methyl/N-ethyl adjacent to an activating group) is 1. The van der Waals surface area contributed by atoms with Gasteiger partial charge in [0.2, 0.25) is 0 Å². The second kappa shape index (κ2) is 5.11. The number of hydrogen-bond donors (Lipinski definition) is 1. The zero-order chi connectivity index (χ0) is 13.2. The quantitative estimate of drug-likeness (QED) is 0.887. The summed E-state index contributed by atoms with van der Waals surface area (Å²) in [6, 6.07) is 8.31. The molecule has 2 heterocycles. The van der Waals surface area contributed by atoms with Gasteiger partial charge in [-0.3, -0.25) is 4.90 Å². The van der Waals surface area contributed by atoms with Gasteiger partial charge in [-0.15, -0.1) is 0 Å². The Hall–Kier alpha value is -1.72. The largest absolute Gasteiger partial charge is 0.334 e. The first kappa shape index (κ1) is 12.3. The molecule has 100 valence electrons. The van der Waals surface area contributed by atoms with Gasteiger partial charge in [-0.25, -0.2) is 0 Å². The van der Waals surface area contributed by atoms with Crippen molar-refractivity contribution in [1.29, 1.82) is 0 Å². The molecular weight excluding hydrogens is 240 g/mol. The summed E-state index contributed by atoms with van der Waals surface area (Å²) in [4.78, 5) is 6.78. The number of benzene rings is 1. The zero-order valence-electron chi connectivity index (χ0n) is 11.3. The summed E-state index contributed by atoms with van der Waals surface area (Å²) < 4.78 is 5.38. The zero-order valence-corrected chi connectivity index (χ0v) is 11.3. The molecule has 3 rings (SSSR count). The van der Waals surface area contributed by atoms with E-state index < -0.39 is 0 Å². The molecule has 2 aromatic rings. The molecule has 1 unspecified atom stereocenters. The molecule has 1 N–H and O–H groups in total. The van der Waals surface area contributed by atoms with Crippen LogP contribution in [0.25, 0.3) is 11.5 Å². The maximum atomic E-state index is 5.38. The summed E-state index contributed by atoms with van der Waals surface area (Å²) in [6.07, 6.45) is 0. The summed E-state index contributed by atoms with van der Waals surface area (Å²) in [7, 11) is 2.09. The average molecular weight is 258 g/mol. The summed E-state index contributed by atoms with van der Waals surface area (Å²) in [5.41, 5.74) is 2.19. The lowest BCUT2D eigenvalue weighted by molar-refractivity contribution is 0.190. The van der Waals surface area contributed by atoms with Gasteiger partial charge in [-0.05, 0) is 26.1 Å². The maximum absolute atomic E-state index is 5.38. The molecule has 1 aromatic carbocycles. The van der Waals surface area contributed by atoms with Crippen LogP contribution in [0.15, 0.2) is 28.8 Å². The van der Waals surface area contributed by atoms with Gasteiger partial charge >= 0.3 is 0 Å². The molecule has 1 saturated heterocycles. The van der Waals surface area contributed by atoms with Crippen LogP contribution in [0.3, 0.4) is 0 Å². The lowest BCUT2D eigenvalue weighted by Gasteiger charge is -2.30. The fourth-order valence-corrected chi connectivity index (χ4v) is 2.28. The molecule has 1 atom stereocenters. The molecule has 19 heavy (non-hydrogen) atoms. The molecule has 0 spiro atoms. The first-order valence-electron chi connectivity index (χ1n) is 6.55. The summed E-state index contributed by atoms with van der Waals surface area (Å²) in [6.45, 7) is 4.93. The standard InChI is InChI=1S/C14H18N4O/c1-10-3-5-11(6-4-10)14-16-13(17-19-14)12-9-15-7-8-18(12)2/h3-6,12,15H,7-9H2,1-2H3. The summed E-state index contributed by atoms with van der Waals surface area (Å²) >= 11 is 0. The van der Waals surface area contributed by atoms with Crippen LogP contribution in [0.5, 0.6) is 0 Å². The van der Waals surface area contributed by atoms with Crippen molar-refractivity contribution >= 4 is 0 Å². The Morgan fingerprint density at radius 2 is 2.11 bits per heavy atom. The maximum Gasteiger partial charge on any atom is 0.257 e. The van der Waals surface area contributed by atoms with E-state index in [1.165, 1.54) is 5.56 Å². The van der Waals surface area contributed by atoms with Gasteiger partial charge in [0.25, 0.3) is 5.89 Å². The molecule has 1 aromatic heterocycles. The number of nitrogens with zero attached hydrogens (tertiary/aromatic N) is 3. The van der Waals surface area contributed by atoms with Crippen molar-refractivity contribution in [3.8, 4) is 11.5 Å². The number of piperazine rings is 1. The molecule has 0 bridgehead atoms. The Bertz CT molecular complexity index is 549. The smallest absolute Gasteiger partial charge is 0.257 e. The minimum absolute atomic E-state index is 0.191. The van der Waals surface area contributed by atoms with E-state index >= 15 is 0 Å². The third-order valence-corrected chi connectivity index (χ3v) is 3.55. The van der Waals surface area contributed by atoms with Gasteiger partial charge < -0.3 is 9.84 Å². The third-order valence-electron chi connectivity index (χ3n) is 3.55. The first-order valence-corrected chi connectivity index (χ1v) is 6.55. The highest BCUT2D eigenvalue weighted by Crippen LogP contribution is 2.22. The predicted octanol–water partition coefficient (Wildman–Crippen LogP) is 1.62. The fourth-order valence-electron chi connectivity index (χ4n) is 2.28. The molecule has 5 heteroatoms. The van der Waals surface area contributed by atoms with Crippen LogP contribution in [0.4, 0.5) is 0 Å². The van der Waals surface area contributed by atoms with E-state index in [1.54, 1.807) is 0 Å². The van der Waals surface area contributed by atoms with Gasteiger partial charge in [0.05, 0.1) is 6.04 Å². The first-order chi connectivity index (χ1) is 9.24. The van der Waals surface area contributed by atoms with Crippen molar-refractivity contribution in [3.05, 3.63) is 35.7 Å². The van der Waals surface area contributed by atoms with Gasteiger partial charge in [-0.1, -0.05) is 22.9 Å². The van der Waals surface area contributed by atoms with Crippen molar-refractivity contribution in [1.82, 2.24) is 20.4 Å². The molecule has 0 radical (unpaired) electrons. The van der Waals surface area contributed by atoms with Gasteiger partial charge in [0, 0.05) is 25.2 Å². The van der Waals surface area contributed by atoms with Crippen LogP contribution in [-0.4, -0.2) is 41.7 Å². The fraction of sp³-hybridized carbons (Fsp3) is 0.429. The minimum Gasteiger partial charge on any atom is -0.334 e. The van der Waals surface area contributed by atoms with Crippen molar-refractivity contribution in [2.24, 2.45) is 0 Å². The van der Waals surface area contributed by atoms with E-state index in [-0.39, 0.29) is 6.04 Å². The van der Waals surface area contributed by atoms with E-state index in [0.717, 1.165) is 31.0 Å². The number of hydrogen-bond acceptors (Lipinski definition) is 5. The molecule has 5 nitrogen and oxygen atoms in total. The molecule has 1 aliphatic rings. The van der Waals surface area contributed by atoms with E-state index in [0.29, 0.717) is 5.89 Å². The van der Waals surface area contributed by atoms with E-state index in [2.05, 4.69) is 34.3 Å². The SMILES string of the molecule is Cc1ccc(-c2nc(C3CNCCN3C)no2)cc1. The van der Waals surface area contributed by atoms with Crippen LogP contribution < -0.4 is 5.32 Å². The normalized spacial score (nSPS) is 20.6. The van der Waals surface area contributed by atoms with Crippen molar-refractivity contribution < 1.29 is 4.52 Å². The molecule has 1 aliphatic heterocycles. The Morgan fingerprint density at radius 1 is 1.32 bits per heavy atom. The molecule has 0 amide bonds. The lowest BCUT2D eigenvalue weighted by atomic mass is 10.1. The van der Waals surface area contributed by atoms with Gasteiger partial charge in [0.1, 0.15) is 0 Å². The Morgan fingerprint density at radius 3 is 2.84 bits per heavy atom. The average Bonchev–Trinajstić information content (AvgIpc) is 2.89. The second-order valence-corrected chi connectivity index (χ2v) is 5.02. The highest BCUT2D eigenvalue weighted by Gasteiger charge is 2.25. The third kappa shape index (κ3) is 2.52. The Kier molecular flexibility index (Phi) is 3.31. The number of aryl methyl sites for hydroxylation is 1. The van der Waals surface area contributed by atoms with Crippen molar-refractivity contribution in [2.75, 3.05) is 26.7 Å². The van der Waals surface area contributed by atoms with Crippen LogP contribution in [0.1, 0.15) is 17.4 Å². The van der Waals surface area contributed by atoms with E-state index in [1.807, 2.05) is 24.3 Å². The summed E-state index contributed by atoms with van der Waals surface area (Å²) in [5.74, 6) is 1.35. The second-order valence-electron chi connectivity index (χ2n) is 5.02. The highest BCUT2D eigenvalue weighted by atomic mass is 16.5.